The summed E-state index contributed by atoms with van der Waals surface area (Å²) in [6.45, 7) is 8.22. The first-order valence-electron chi connectivity index (χ1n) is 15.1. The van der Waals surface area contributed by atoms with Gasteiger partial charge in [0.15, 0.2) is 6.29 Å². The topological polar surface area (TPSA) is 40.2 Å². The van der Waals surface area contributed by atoms with E-state index in [1.807, 2.05) is 7.11 Å². The molecule has 3 aromatic carbocycles. The van der Waals surface area contributed by atoms with E-state index in [2.05, 4.69) is 98.5 Å². The second-order valence-electron chi connectivity index (χ2n) is 12.7. The van der Waals surface area contributed by atoms with Gasteiger partial charge in [0.05, 0.1) is 5.60 Å². The number of piperidine rings is 1. The molecule has 1 heterocycles. The zero-order valence-corrected chi connectivity index (χ0v) is 25.7. The molecule has 3 aromatic rings. The van der Waals surface area contributed by atoms with E-state index in [1.165, 1.54) is 27.9 Å². The predicted molar refractivity (Wildman–Crippen MR) is 166 cm³/mol. The molecule has 0 bridgehead atoms. The number of hydrogen-bond acceptors (Lipinski definition) is 5. The van der Waals surface area contributed by atoms with E-state index in [0.717, 1.165) is 50.9 Å². The lowest BCUT2D eigenvalue weighted by Gasteiger charge is -2.43. The molecule has 0 unspecified atom stereocenters. The molecular formula is C36H47NO4. The van der Waals surface area contributed by atoms with Crippen molar-refractivity contribution in [2.24, 2.45) is 0 Å². The first-order chi connectivity index (χ1) is 19.7. The molecule has 5 rings (SSSR count). The van der Waals surface area contributed by atoms with Crippen LogP contribution in [0.25, 0.3) is 0 Å². The summed E-state index contributed by atoms with van der Waals surface area (Å²) >= 11 is 0. The Kier molecular flexibility index (Phi) is 9.08. The maximum absolute atomic E-state index is 6.23. The molecule has 220 valence electrons. The highest BCUT2D eigenvalue weighted by Gasteiger charge is 2.38. The largest absolute Gasteiger partial charge is 0.488 e. The van der Waals surface area contributed by atoms with Gasteiger partial charge in [-0.15, -0.1) is 0 Å². The predicted octanol–water partition coefficient (Wildman–Crippen LogP) is 7.72. The quantitative estimate of drug-likeness (QED) is 0.252. The van der Waals surface area contributed by atoms with Crippen molar-refractivity contribution < 1.29 is 18.9 Å². The highest BCUT2D eigenvalue weighted by Crippen LogP contribution is 2.47. The Balaban J connectivity index is 1.38. The average molecular weight is 558 g/mol. The smallest absolute Gasteiger partial charge is 0.159 e. The van der Waals surface area contributed by atoms with Gasteiger partial charge in [-0.25, -0.2) is 0 Å². The summed E-state index contributed by atoms with van der Waals surface area (Å²) in [6, 6.07) is 27.1. The summed E-state index contributed by atoms with van der Waals surface area (Å²) < 4.78 is 23.2. The number of benzene rings is 3. The fourth-order valence-corrected chi connectivity index (χ4v) is 6.81. The average Bonchev–Trinajstić information content (AvgIpc) is 2.99. The third-order valence-corrected chi connectivity index (χ3v) is 9.02. The Bertz CT molecular complexity index is 1250. The van der Waals surface area contributed by atoms with Crippen LogP contribution in [-0.4, -0.2) is 51.9 Å². The van der Waals surface area contributed by atoms with Crippen molar-refractivity contribution in [3.8, 4) is 5.75 Å². The van der Waals surface area contributed by atoms with E-state index < -0.39 is 0 Å². The molecule has 5 nitrogen and oxygen atoms in total. The van der Waals surface area contributed by atoms with Gasteiger partial charge in [-0.1, -0.05) is 48.5 Å². The van der Waals surface area contributed by atoms with Gasteiger partial charge in [-0.3, -0.25) is 0 Å². The minimum Gasteiger partial charge on any atom is -0.488 e. The molecule has 0 spiro atoms. The Morgan fingerprint density at radius 1 is 0.854 bits per heavy atom. The first kappa shape index (κ1) is 29.6. The summed E-state index contributed by atoms with van der Waals surface area (Å²) in [5.41, 5.74) is 6.47. The Morgan fingerprint density at radius 2 is 1.54 bits per heavy atom. The molecular weight excluding hydrogens is 510 g/mol. The standard InChI is InChI=1S/C36H47NO4/c1-35(2,3)41-30-17-19-32-28(24-30)14-18-31(26-10-8-7-9-11-26)34(32)27-12-15-29(16-13-27)37-22-20-36(40-6,21-23-37)25-33(38-4)39-5/h7-13,15-17,19,24,31,33-34H,14,18,20-23,25H2,1-6H3/t31-,34+/m1/s1. The van der Waals surface area contributed by atoms with Crippen LogP contribution in [0.4, 0.5) is 5.69 Å². The number of rotatable bonds is 9. The lowest BCUT2D eigenvalue weighted by atomic mass is 9.69. The van der Waals surface area contributed by atoms with Crippen LogP contribution in [0.5, 0.6) is 5.75 Å². The van der Waals surface area contributed by atoms with Crippen LogP contribution >= 0.6 is 0 Å². The molecule has 0 saturated carbocycles. The zero-order valence-electron chi connectivity index (χ0n) is 25.7. The van der Waals surface area contributed by atoms with Crippen LogP contribution in [0.2, 0.25) is 0 Å². The summed E-state index contributed by atoms with van der Waals surface area (Å²) in [6.07, 6.45) is 4.57. The molecule has 2 atom stereocenters. The van der Waals surface area contributed by atoms with E-state index in [1.54, 1.807) is 14.2 Å². The number of hydrogen-bond donors (Lipinski definition) is 0. The van der Waals surface area contributed by atoms with Gasteiger partial charge in [-0.05, 0) is 98.9 Å². The van der Waals surface area contributed by atoms with E-state index >= 15 is 0 Å². The summed E-state index contributed by atoms with van der Waals surface area (Å²) in [4.78, 5) is 2.48. The van der Waals surface area contributed by atoms with E-state index in [9.17, 15) is 0 Å². The molecule has 0 aromatic heterocycles. The molecule has 2 aliphatic rings. The van der Waals surface area contributed by atoms with Gasteiger partial charge in [-0.2, -0.15) is 0 Å². The SMILES string of the molecule is COC(CC1(OC)CCN(c2ccc([C@@H]3c4ccc(OC(C)(C)C)cc4CC[C@@H]3c3ccccc3)cc2)CC1)OC. The van der Waals surface area contributed by atoms with Crippen LogP contribution < -0.4 is 9.64 Å². The van der Waals surface area contributed by atoms with E-state index in [4.69, 9.17) is 18.9 Å². The van der Waals surface area contributed by atoms with Crippen molar-refractivity contribution in [2.75, 3.05) is 39.3 Å². The van der Waals surface area contributed by atoms with Gasteiger partial charge >= 0.3 is 0 Å². The van der Waals surface area contributed by atoms with Crippen molar-refractivity contribution in [1.82, 2.24) is 0 Å². The van der Waals surface area contributed by atoms with Crippen LogP contribution in [0.15, 0.2) is 72.8 Å². The van der Waals surface area contributed by atoms with Crippen molar-refractivity contribution in [3.63, 3.8) is 0 Å². The van der Waals surface area contributed by atoms with E-state index in [0.29, 0.717) is 11.8 Å². The second kappa shape index (κ2) is 12.6. The van der Waals surface area contributed by atoms with Crippen LogP contribution in [-0.2, 0) is 20.6 Å². The van der Waals surface area contributed by atoms with Crippen LogP contribution in [0.3, 0.4) is 0 Å². The maximum atomic E-state index is 6.23. The zero-order chi connectivity index (χ0) is 29.0. The van der Waals surface area contributed by atoms with Gasteiger partial charge < -0.3 is 23.8 Å². The Labute approximate surface area is 246 Å². The number of fused-ring (bicyclic) bond motifs is 1. The lowest BCUT2D eigenvalue weighted by Crippen LogP contribution is -2.47. The fraction of sp³-hybridized carbons (Fsp3) is 0.500. The van der Waals surface area contributed by atoms with Crippen molar-refractivity contribution >= 4 is 5.69 Å². The fourth-order valence-electron chi connectivity index (χ4n) is 6.81. The number of aryl methyl sites for hydroxylation is 1. The molecule has 0 N–H and O–H groups in total. The van der Waals surface area contributed by atoms with Crippen molar-refractivity contribution in [1.29, 1.82) is 0 Å². The lowest BCUT2D eigenvalue weighted by molar-refractivity contribution is -0.156. The monoisotopic (exact) mass is 557 g/mol. The third kappa shape index (κ3) is 6.80. The van der Waals surface area contributed by atoms with Crippen molar-refractivity contribution in [3.05, 3.63) is 95.1 Å². The molecule has 41 heavy (non-hydrogen) atoms. The number of methoxy groups -OCH3 is 3. The number of nitrogens with zero attached hydrogens (tertiary/aromatic N) is 1. The third-order valence-electron chi connectivity index (χ3n) is 9.02. The highest BCUT2D eigenvalue weighted by atomic mass is 16.7. The number of anilines is 1. The maximum Gasteiger partial charge on any atom is 0.159 e. The number of ether oxygens (including phenoxy) is 4. The molecule has 1 fully saturated rings. The second-order valence-corrected chi connectivity index (χ2v) is 12.7. The van der Waals surface area contributed by atoms with Gasteiger partial charge in [0.2, 0.25) is 0 Å². The summed E-state index contributed by atoms with van der Waals surface area (Å²) in [5.74, 6) is 1.71. The highest BCUT2D eigenvalue weighted by molar-refractivity contribution is 5.53. The Morgan fingerprint density at radius 3 is 2.15 bits per heavy atom. The Hall–Kier alpha value is -2.86. The van der Waals surface area contributed by atoms with Gasteiger partial charge in [0, 0.05) is 52.4 Å². The normalized spacial score (nSPS) is 20.6. The van der Waals surface area contributed by atoms with Crippen LogP contribution in [0, 0.1) is 0 Å². The molecule has 1 aliphatic carbocycles. The van der Waals surface area contributed by atoms with E-state index in [-0.39, 0.29) is 17.5 Å². The molecule has 1 aliphatic heterocycles. The minimum absolute atomic E-state index is 0.211. The van der Waals surface area contributed by atoms with Crippen molar-refractivity contribution in [2.45, 2.75) is 82.2 Å². The summed E-state index contributed by atoms with van der Waals surface area (Å²) in [5, 5.41) is 0. The molecule has 5 heteroatoms. The van der Waals surface area contributed by atoms with Gasteiger partial charge in [0.1, 0.15) is 11.4 Å². The van der Waals surface area contributed by atoms with Gasteiger partial charge in [0.25, 0.3) is 0 Å². The first-order valence-corrected chi connectivity index (χ1v) is 15.1. The van der Waals surface area contributed by atoms with Crippen LogP contribution in [0.1, 0.15) is 80.5 Å². The summed E-state index contributed by atoms with van der Waals surface area (Å²) in [7, 11) is 5.20. The molecule has 0 radical (unpaired) electrons. The minimum atomic E-state index is -0.243. The molecule has 0 amide bonds. The molecule has 1 saturated heterocycles.